The molecule has 0 spiro atoms. The fourth-order valence-electron chi connectivity index (χ4n) is 2.66. The first-order valence-corrected chi connectivity index (χ1v) is 8.45. The van der Waals surface area contributed by atoms with E-state index in [2.05, 4.69) is 21.6 Å². The van der Waals surface area contributed by atoms with E-state index in [4.69, 9.17) is 4.74 Å². The zero-order valence-electron chi connectivity index (χ0n) is 14.8. The highest BCUT2D eigenvalue weighted by Crippen LogP contribution is 2.17. The van der Waals surface area contributed by atoms with Crippen molar-refractivity contribution in [3.8, 4) is 0 Å². The highest BCUT2D eigenvalue weighted by Gasteiger charge is 2.14. The number of ether oxygens (including phenoxy) is 1. The molecule has 1 aromatic heterocycles. The molecule has 5 heteroatoms. The van der Waals surface area contributed by atoms with E-state index in [9.17, 15) is 4.79 Å². The third kappa shape index (κ3) is 4.25. The molecule has 0 saturated carbocycles. The first-order chi connectivity index (χ1) is 12.0. The molecule has 1 amide bonds. The predicted molar refractivity (Wildman–Crippen MR) is 98.4 cm³/mol. The number of H-pyrrole nitrogens is 1. The van der Waals surface area contributed by atoms with Crippen molar-refractivity contribution >= 4 is 16.8 Å². The van der Waals surface area contributed by atoms with E-state index < -0.39 is 0 Å². The lowest BCUT2D eigenvalue weighted by atomic mass is 10.1. The van der Waals surface area contributed by atoms with Gasteiger partial charge in [0, 0.05) is 11.9 Å². The summed E-state index contributed by atoms with van der Waals surface area (Å²) < 4.78 is 5.63. The Morgan fingerprint density at radius 3 is 2.80 bits per heavy atom. The lowest BCUT2D eigenvalue weighted by Gasteiger charge is -2.09. The Bertz CT molecular complexity index is 884. The number of aromatic amines is 1. The van der Waals surface area contributed by atoms with Crippen molar-refractivity contribution in [2.75, 3.05) is 0 Å². The third-order valence-corrected chi connectivity index (χ3v) is 3.96. The molecule has 1 heterocycles. The number of amides is 1. The quantitative estimate of drug-likeness (QED) is 0.720. The first-order valence-electron chi connectivity index (χ1n) is 8.45. The van der Waals surface area contributed by atoms with Crippen LogP contribution in [0.4, 0.5) is 0 Å². The highest BCUT2D eigenvalue weighted by atomic mass is 16.5. The van der Waals surface area contributed by atoms with E-state index >= 15 is 0 Å². The topological polar surface area (TPSA) is 67.0 Å². The van der Waals surface area contributed by atoms with Crippen LogP contribution in [0.3, 0.4) is 0 Å². The fraction of sp³-hybridized carbons (Fsp3) is 0.300. The summed E-state index contributed by atoms with van der Waals surface area (Å²) in [5.74, 6) is -0.180. The molecule has 3 aromatic rings. The van der Waals surface area contributed by atoms with Gasteiger partial charge >= 0.3 is 0 Å². The van der Waals surface area contributed by atoms with Crippen LogP contribution in [0.1, 0.15) is 41.0 Å². The van der Waals surface area contributed by atoms with Crippen molar-refractivity contribution in [3.05, 3.63) is 64.8 Å². The number of carbonyl (C=O) groups is 1. The van der Waals surface area contributed by atoms with Crippen molar-refractivity contribution < 1.29 is 9.53 Å². The Morgan fingerprint density at radius 2 is 2.00 bits per heavy atom. The minimum Gasteiger partial charge on any atom is -0.374 e. The van der Waals surface area contributed by atoms with Crippen LogP contribution in [0, 0.1) is 6.92 Å². The van der Waals surface area contributed by atoms with Crippen molar-refractivity contribution in [2.24, 2.45) is 0 Å². The van der Waals surface area contributed by atoms with Crippen molar-refractivity contribution in [2.45, 2.75) is 40.0 Å². The Kier molecular flexibility index (Phi) is 5.14. The van der Waals surface area contributed by atoms with E-state index in [-0.39, 0.29) is 12.0 Å². The maximum atomic E-state index is 12.5. The van der Waals surface area contributed by atoms with E-state index in [0.717, 1.165) is 27.6 Å². The maximum Gasteiger partial charge on any atom is 0.272 e. The summed E-state index contributed by atoms with van der Waals surface area (Å²) in [5.41, 5.74) is 4.53. The van der Waals surface area contributed by atoms with Crippen LogP contribution < -0.4 is 5.32 Å². The van der Waals surface area contributed by atoms with Gasteiger partial charge in [0.25, 0.3) is 5.91 Å². The number of carbonyl (C=O) groups excluding carboxylic acids is 1. The highest BCUT2D eigenvalue weighted by molar-refractivity contribution is 6.04. The fourth-order valence-corrected chi connectivity index (χ4v) is 2.66. The molecule has 3 rings (SSSR count). The van der Waals surface area contributed by atoms with E-state index in [1.54, 1.807) is 0 Å². The number of benzene rings is 2. The average Bonchev–Trinajstić information content (AvgIpc) is 3.01. The summed E-state index contributed by atoms with van der Waals surface area (Å²) in [6.45, 7) is 7.05. The third-order valence-electron chi connectivity index (χ3n) is 3.96. The van der Waals surface area contributed by atoms with Crippen molar-refractivity contribution in [1.29, 1.82) is 0 Å². The molecule has 5 nitrogen and oxygen atoms in total. The summed E-state index contributed by atoms with van der Waals surface area (Å²) in [4.78, 5) is 12.5. The standard InChI is InChI=1S/C20H23N3O2/c1-13(2)25-12-16-6-4-5-15(10-16)11-21-20(24)19-17-9-14(3)7-8-18(17)22-23-19/h4-10,13H,11-12H2,1-3H3,(H,21,24)(H,22,23). The second kappa shape index (κ2) is 7.49. The zero-order valence-corrected chi connectivity index (χ0v) is 14.8. The Morgan fingerprint density at radius 1 is 1.20 bits per heavy atom. The number of nitrogens with zero attached hydrogens (tertiary/aromatic N) is 1. The molecule has 0 bridgehead atoms. The van der Waals surface area contributed by atoms with E-state index in [1.165, 1.54) is 0 Å². The Hall–Kier alpha value is -2.66. The molecule has 2 N–H and O–H groups in total. The number of aryl methyl sites for hydroxylation is 1. The Balaban J connectivity index is 1.67. The maximum absolute atomic E-state index is 12.5. The summed E-state index contributed by atoms with van der Waals surface area (Å²) in [7, 11) is 0. The summed E-state index contributed by atoms with van der Waals surface area (Å²) in [5, 5.41) is 10.8. The van der Waals surface area contributed by atoms with Gasteiger partial charge in [0.05, 0.1) is 18.2 Å². The number of aromatic nitrogens is 2. The number of hydrogen-bond acceptors (Lipinski definition) is 3. The van der Waals surface area contributed by atoms with Gasteiger partial charge in [-0.25, -0.2) is 0 Å². The largest absolute Gasteiger partial charge is 0.374 e. The lowest BCUT2D eigenvalue weighted by Crippen LogP contribution is -2.23. The molecule has 0 saturated heterocycles. The van der Waals surface area contributed by atoms with Gasteiger partial charge in [0.1, 0.15) is 0 Å². The SMILES string of the molecule is Cc1ccc2[nH]nc(C(=O)NCc3cccc(COC(C)C)c3)c2c1. The van der Waals surface area contributed by atoms with Gasteiger partial charge < -0.3 is 10.1 Å². The molecule has 0 unspecified atom stereocenters. The van der Waals surface area contributed by atoms with Crippen LogP contribution in [-0.4, -0.2) is 22.2 Å². The smallest absolute Gasteiger partial charge is 0.272 e. The molecule has 130 valence electrons. The zero-order chi connectivity index (χ0) is 17.8. The van der Waals surface area contributed by atoms with E-state index in [1.807, 2.05) is 57.2 Å². The van der Waals surface area contributed by atoms with Gasteiger partial charge in [-0.2, -0.15) is 5.10 Å². The summed E-state index contributed by atoms with van der Waals surface area (Å²) in [6.07, 6.45) is 0.194. The minimum atomic E-state index is -0.180. The molecule has 0 aliphatic rings. The first kappa shape index (κ1) is 17.2. The number of rotatable bonds is 6. The molecular weight excluding hydrogens is 314 g/mol. The van der Waals surface area contributed by atoms with Gasteiger partial charge in [0.15, 0.2) is 5.69 Å². The second-order valence-electron chi connectivity index (χ2n) is 6.48. The normalized spacial score (nSPS) is 11.2. The molecule has 0 aliphatic heterocycles. The molecule has 0 atom stereocenters. The second-order valence-corrected chi connectivity index (χ2v) is 6.48. The van der Waals surface area contributed by atoms with Gasteiger partial charge in [-0.15, -0.1) is 0 Å². The van der Waals surface area contributed by atoms with Crippen LogP contribution in [-0.2, 0) is 17.9 Å². The summed E-state index contributed by atoms with van der Waals surface area (Å²) >= 11 is 0. The average molecular weight is 337 g/mol. The predicted octanol–water partition coefficient (Wildman–Crippen LogP) is 3.73. The van der Waals surface area contributed by atoms with Crippen LogP contribution in [0.25, 0.3) is 10.9 Å². The van der Waals surface area contributed by atoms with Gasteiger partial charge in [0.2, 0.25) is 0 Å². The molecule has 0 fully saturated rings. The van der Waals surface area contributed by atoms with Crippen molar-refractivity contribution in [1.82, 2.24) is 15.5 Å². The molecular formula is C20H23N3O2. The molecule has 25 heavy (non-hydrogen) atoms. The van der Waals surface area contributed by atoms with Crippen LogP contribution in [0.5, 0.6) is 0 Å². The van der Waals surface area contributed by atoms with E-state index in [0.29, 0.717) is 18.8 Å². The number of nitrogens with one attached hydrogen (secondary N) is 2. The van der Waals surface area contributed by atoms with Gasteiger partial charge in [-0.3, -0.25) is 9.89 Å². The van der Waals surface area contributed by atoms with Gasteiger partial charge in [-0.1, -0.05) is 35.9 Å². The Labute approximate surface area is 147 Å². The molecule has 0 radical (unpaired) electrons. The molecule has 0 aliphatic carbocycles. The number of fused-ring (bicyclic) bond motifs is 1. The van der Waals surface area contributed by atoms with Crippen LogP contribution >= 0.6 is 0 Å². The summed E-state index contributed by atoms with van der Waals surface area (Å²) in [6, 6.07) is 13.9. The van der Waals surface area contributed by atoms with Gasteiger partial charge in [-0.05, 0) is 44.0 Å². The van der Waals surface area contributed by atoms with Crippen LogP contribution in [0.2, 0.25) is 0 Å². The monoisotopic (exact) mass is 337 g/mol. The minimum absolute atomic E-state index is 0.180. The molecule has 2 aromatic carbocycles. The number of hydrogen-bond donors (Lipinski definition) is 2. The van der Waals surface area contributed by atoms with Crippen LogP contribution in [0.15, 0.2) is 42.5 Å². The lowest BCUT2D eigenvalue weighted by molar-refractivity contribution is 0.0657. The van der Waals surface area contributed by atoms with Crippen molar-refractivity contribution in [3.63, 3.8) is 0 Å².